The Morgan fingerprint density at radius 3 is 2.94 bits per heavy atom. The molecule has 0 atom stereocenters. The van der Waals surface area contributed by atoms with Crippen LogP contribution in [0.15, 0.2) is 36.9 Å². The van der Waals surface area contributed by atoms with Gasteiger partial charge in [0, 0.05) is 59.7 Å². The number of halogens is 1. The maximum atomic E-state index is 13.9. The van der Waals surface area contributed by atoms with Crippen LogP contribution in [0.4, 0.5) is 10.3 Å². The van der Waals surface area contributed by atoms with Crippen molar-refractivity contribution in [2.75, 3.05) is 11.9 Å². The highest BCUT2D eigenvalue weighted by molar-refractivity contribution is 5.93. The summed E-state index contributed by atoms with van der Waals surface area (Å²) in [6.07, 6.45) is 10.00. The van der Waals surface area contributed by atoms with Crippen LogP contribution in [-0.4, -0.2) is 53.3 Å². The summed E-state index contributed by atoms with van der Waals surface area (Å²) in [6, 6.07) is 3.94. The summed E-state index contributed by atoms with van der Waals surface area (Å²) in [5.41, 5.74) is 2.98. The molecule has 5 heterocycles. The molecule has 0 spiro atoms. The largest absolute Gasteiger partial charge is 0.351 e. The van der Waals surface area contributed by atoms with E-state index in [1.54, 1.807) is 18.5 Å². The summed E-state index contributed by atoms with van der Waals surface area (Å²) in [7, 11) is 0. The predicted octanol–water partition coefficient (Wildman–Crippen LogP) is 3.37. The highest BCUT2D eigenvalue weighted by Crippen LogP contribution is 2.41. The number of carbonyl (C=O) groups is 1. The van der Waals surface area contributed by atoms with Gasteiger partial charge in [-0.1, -0.05) is 0 Å². The topological polar surface area (TPSA) is 91.2 Å². The number of nitrogens with zero attached hydrogens (tertiary/aromatic N) is 5. The third-order valence-corrected chi connectivity index (χ3v) is 6.63. The molecule has 6 rings (SSSR count). The van der Waals surface area contributed by atoms with Crippen LogP contribution < -0.4 is 5.32 Å². The lowest BCUT2D eigenvalue weighted by molar-refractivity contribution is -0.136. The zero-order valence-electron chi connectivity index (χ0n) is 17.1. The van der Waals surface area contributed by atoms with Crippen LogP contribution in [0, 0.1) is 5.95 Å². The normalized spacial score (nSPS) is 23.6. The Hall–Kier alpha value is -3.49. The van der Waals surface area contributed by atoms with E-state index in [0.29, 0.717) is 18.0 Å². The number of amides is 1. The first kappa shape index (κ1) is 18.3. The lowest BCUT2D eigenvalue weighted by Gasteiger charge is -2.51. The van der Waals surface area contributed by atoms with Gasteiger partial charge in [-0.25, -0.2) is 9.97 Å². The number of rotatable bonds is 4. The minimum absolute atomic E-state index is 0.0593. The van der Waals surface area contributed by atoms with Crippen molar-refractivity contribution < 1.29 is 9.18 Å². The van der Waals surface area contributed by atoms with Crippen molar-refractivity contribution in [2.45, 2.75) is 44.2 Å². The second-order valence-electron chi connectivity index (χ2n) is 8.78. The van der Waals surface area contributed by atoms with Crippen molar-refractivity contribution in [1.82, 2.24) is 29.2 Å². The summed E-state index contributed by atoms with van der Waals surface area (Å²) >= 11 is 0. The maximum absolute atomic E-state index is 13.9. The van der Waals surface area contributed by atoms with Gasteiger partial charge in [-0.3, -0.25) is 9.20 Å². The van der Waals surface area contributed by atoms with Crippen molar-refractivity contribution in [3.05, 3.63) is 42.9 Å². The Labute approximate surface area is 177 Å². The van der Waals surface area contributed by atoms with Gasteiger partial charge in [0.1, 0.15) is 11.3 Å². The number of aromatic amines is 1. The monoisotopic (exact) mass is 419 g/mol. The van der Waals surface area contributed by atoms with Gasteiger partial charge in [0.25, 0.3) is 0 Å². The lowest BCUT2D eigenvalue weighted by atomic mass is 9.73. The van der Waals surface area contributed by atoms with Crippen molar-refractivity contribution in [3.63, 3.8) is 0 Å². The molecule has 0 unspecified atom stereocenters. The van der Waals surface area contributed by atoms with Crippen LogP contribution in [0.5, 0.6) is 0 Å². The van der Waals surface area contributed by atoms with E-state index in [1.807, 2.05) is 17.2 Å². The van der Waals surface area contributed by atoms with E-state index in [0.717, 1.165) is 48.0 Å². The molecule has 1 aliphatic carbocycles. The molecule has 0 radical (unpaired) electrons. The van der Waals surface area contributed by atoms with Crippen LogP contribution in [0.3, 0.4) is 0 Å². The van der Waals surface area contributed by atoms with Gasteiger partial charge in [-0.2, -0.15) is 9.37 Å². The summed E-state index contributed by atoms with van der Waals surface area (Å²) in [5, 5.41) is 4.27. The van der Waals surface area contributed by atoms with Gasteiger partial charge in [-0.15, -0.1) is 0 Å². The SMILES string of the molecule is C[C@]1(N2CCCC2=O)C[C@H](Nc2ncc3c(-c4ccc5ncc(F)n5c4)c[nH]c3n2)C1. The van der Waals surface area contributed by atoms with Gasteiger partial charge in [-0.05, 0) is 38.3 Å². The fourth-order valence-corrected chi connectivity index (χ4v) is 5.05. The van der Waals surface area contributed by atoms with Crippen LogP contribution in [0.1, 0.15) is 32.6 Å². The number of nitrogens with one attached hydrogen (secondary N) is 2. The predicted molar refractivity (Wildman–Crippen MR) is 114 cm³/mol. The zero-order chi connectivity index (χ0) is 21.2. The molecule has 0 bridgehead atoms. The number of hydrogen-bond acceptors (Lipinski definition) is 5. The molecule has 2 N–H and O–H groups in total. The summed E-state index contributed by atoms with van der Waals surface area (Å²) in [4.78, 5) is 30.4. The molecular formula is C22H22FN7O. The number of anilines is 1. The van der Waals surface area contributed by atoms with Crippen LogP contribution in [0.25, 0.3) is 27.8 Å². The van der Waals surface area contributed by atoms with E-state index in [4.69, 9.17) is 0 Å². The summed E-state index contributed by atoms with van der Waals surface area (Å²) in [5.74, 6) is 0.436. The zero-order valence-corrected chi connectivity index (χ0v) is 17.1. The molecule has 4 aromatic rings. The van der Waals surface area contributed by atoms with E-state index >= 15 is 0 Å². The first-order valence-corrected chi connectivity index (χ1v) is 10.5. The quantitative estimate of drug-likeness (QED) is 0.529. The lowest BCUT2D eigenvalue weighted by Crippen LogP contribution is -2.59. The average Bonchev–Trinajstić information content (AvgIpc) is 3.45. The van der Waals surface area contributed by atoms with Crippen LogP contribution in [0.2, 0.25) is 0 Å². The number of fused-ring (bicyclic) bond motifs is 2. The Balaban J connectivity index is 1.21. The van der Waals surface area contributed by atoms with Gasteiger partial charge in [0.2, 0.25) is 17.8 Å². The number of aromatic nitrogens is 5. The van der Waals surface area contributed by atoms with Crippen molar-refractivity contribution in [2.24, 2.45) is 0 Å². The number of imidazole rings is 1. The van der Waals surface area contributed by atoms with Crippen molar-refractivity contribution in [3.8, 4) is 11.1 Å². The minimum Gasteiger partial charge on any atom is -0.351 e. The Morgan fingerprint density at radius 1 is 1.26 bits per heavy atom. The molecule has 158 valence electrons. The molecular weight excluding hydrogens is 397 g/mol. The van der Waals surface area contributed by atoms with Crippen molar-refractivity contribution in [1.29, 1.82) is 0 Å². The molecule has 1 saturated carbocycles. The van der Waals surface area contributed by atoms with E-state index in [-0.39, 0.29) is 17.5 Å². The molecule has 9 heteroatoms. The first-order valence-electron chi connectivity index (χ1n) is 10.5. The number of hydrogen-bond donors (Lipinski definition) is 2. The Bertz CT molecular complexity index is 1320. The Kier molecular flexibility index (Phi) is 3.84. The number of carbonyl (C=O) groups excluding carboxylic acids is 1. The third kappa shape index (κ3) is 2.87. The molecule has 8 nitrogen and oxygen atoms in total. The van der Waals surface area contributed by atoms with E-state index < -0.39 is 5.95 Å². The smallest absolute Gasteiger partial charge is 0.224 e. The molecule has 0 aromatic carbocycles. The molecule has 1 aliphatic heterocycles. The fourth-order valence-electron chi connectivity index (χ4n) is 5.05. The van der Waals surface area contributed by atoms with Crippen LogP contribution in [-0.2, 0) is 4.79 Å². The highest BCUT2D eigenvalue weighted by Gasteiger charge is 2.48. The molecule has 31 heavy (non-hydrogen) atoms. The maximum Gasteiger partial charge on any atom is 0.224 e. The third-order valence-electron chi connectivity index (χ3n) is 6.63. The van der Waals surface area contributed by atoms with Gasteiger partial charge in [0.05, 0.1) is 6.20 Å². The molecule has 2 aliphatic rings. The standard InChI is InChI=1S/C22H22FN7O/c1-22(30-6-2-3-19(30)31)7-14(8-22)27-21-26-10-16-15(9-25-20(16)28-21)13-4-5-18-24-11-17(23)29(18)12-13/h4-5,9-12,14H,2-3,6-8H2,1H3,(H2,25,26,27,28)/t14-,22-. The minimum atomic E-state index is -0.400. The highest BCUT2D eigenvalue weighted by atomic mass is 19.1. The second kappa shape index (κ2) is 6.50. The van der Waals surface area contributed by atoms with Crippen LogP contribution >= 0.6 is 0 Å². The molecule has 1 amide bonds. The molecule has 4 aromatic heterocycles. The summed E-state index contributed by atoms with van der Waals surface area (Å²) < 4.78 is 15.3. The Morgan fingerprint density at radius 2 is 2.13 bits per heavy atom. The van der Waals surface area contributed by atoms with E-state index in [1.165, 1.54) is 10.6 Å². The number of H-pyrrole nitrogens is 1. The van der Waals surface area contributed by atoms with Gasteiger partial charge < -0.3 is 15.2 Å². The average molecular weight is 419 g/mol. The van der Waals surface area contributed by atoms with E-state index in [2.05, 4.69) is 32.2 Å². The van der Waals surface area contributed by atoms with E-state index in [9.17, 15) is 9.18 Å². The first-order chi connectivity index (χ1) is 15.0. The number of likely N-dealkylation sites (tertiary alicyclic amines) is 1. The second-order valence-corrected chi connectivity index (χ2v) is 8.78. The van der Waals surface area contributed by atoms with Gasteiger partial charge in [0.15, 0.2) is 0 Å². The molecule has 1 saturated heterocycles. The summed E-state index contributed by atoms with van der Waals surface area (Å²) in [6.45, 7) is 3.03. The van der Waals surface area contributed by atoms with Gasteiger partial charge >= 0.3 is 0 Å². The van der Waals surface area contributed by atoms with Crippen molar-refractivity contribution >= 4 is 28.5 Å². The molecule has 2 fully saturated rings. The fraction of sp³-hybridized carbons (Fsp3) is 0.364. The number of pyridine rings is 1.